The maximum Gasteiger partial charge on any atom is 0.127 e. The first kappa shape index (κ1) is 14.7. The predicted octanol–water partition coefficient (Wildman–Crippen LogP) is 2.95. The number of nitrogens with one attached hydrogen (secondary N) is 1. The van der Waals surface area contributed by atoms with Crippen LogP contribution in [0.2, 0.25) is 0 Å². The fourth-order valence-electron chi connectivity index (χ4n) is 3.09. The van der Waals surface area contributed by atoms with Gasteiger partial charge in [-0.1, -0.05) is 12.1 Å². The van der Waals surface area contributed by atoms with Crippen molar-refractivity contribution in [3.63, 3.8) is 0 Å². The molecule has 1 aliphatic heterocycles. The maximum atomic E-state index is 5.56. The smallest absolute Gasteiger partial charge is 0.127 e. The van der Waals surface area contributed by atoms with E-state index in [4.69, 9.17) is 14.2 Å². The standard InChI is InChI=1S/C18H21NO3/c1-20-13-7-8-14-12(11-13)9-10-19-18(14)17-15(21-2)5-4-6-16(17)22-3/h4-8,11,18-19H,9-10H2,1-3H3. The molecule has 22 heavy (non-hydrogen) atoms. The highest BCUT2D eigenvalue weighted by Gasteiger charge is 2.27. The summed E-state index contributed by atoms with van der Waals surface area (Å²) in [5, 5.41) is 3.58. The number of rotatable bonds is 4. The molecule has 0 aliphatic carbocycles. The number of hydrogen-bond donors (Lipinski definition) is 1. The second-order valence-corrected chi connectivity index (χ2v) is 5.28. The van der Waals surface area contributed by atoms with Crippen LogP contribution >= 0.6 is 0 Å². The summed E-state index contributed by atoms with van der Waals surface area (Å²) >= 11 is 0. The number of methoxy groups -OCH3 is 3. The van der Waals surface area contributed by atoms with Gasteiger partial charge in [-0.2, -0.15) is 0 Å². The van der Waals surface area contributed by atoms with Crippen molar-refractivity contribution in [2.24, 2.45) is 0 Å². The Morgan fingerprint density at radius 3 is 2.32 bits per heavy atom. The van der Waals surface area contributed by atoms with Crippen molar-refractivity contribution in [1.82, 2.24) is 5.32 Å². The highest BCUT2D eigenvalue weighted by atomic mass is 16.5. The predicted molar refractivity (Wildman–Crippen MR) is 86.1 cm³/mol. The van der Waals surface area contributed by atoms with Gasteiger partial charge < -0.3 is 19.5 Å². The summed E-state index contributed by atoms with van der Waals surface area (Å²) in [4.78, 5) is 0. The first-order valence-corrected chi connectivity index (χ1v) is 7.39. The summed E-state index contributed by atoms with van der Waals surface area (Å²) in [5.74, 6) is 2.56. The first-order chi connectivity index (χ1) is 10.8. The van der Waals surface area contributed by atoms with Gasteiger partial charge >= 0.3 is 0 Å². The van der Waals surface area contributed by atoms with E-state index < -0.39 is 0 Å². The van der Waals surface area contributed by atoms with Gasteiger partial charge in [-0.05, 0) is 41.8 Å². The molecule has 0 saturated heterocycles. The number of ether oxygens (including phenoxy) is 3. The first-order valence-electron chi connectivity index (χ1n) is 7.39. The van der Waals surface area contributed by atoms with Crippen LogP contribution in [0.25, 0.3) is 0 Å². The van der Waals surface area contributed by atoms with Crippen molar-refractivity contribution in [2.75, 3.05) is 27.9 Å². The van der Waals surface area contributed by atoms with E-state index in [1.54, 1.807) is 21.3 Å². The average Bonchev–Trinajstić information content (AvgIpc) is 2.59. The zero-order valence-corrected chi connectivity index (χ0v) is 13.2. The minimum atomic E-state index is 0.0563. The molecule has 116 valence electrons. The minimum Gasteiger partial charge on any atom is -0.497 e. The van der Waals surface area contributed by atoms with Gasteiger partial charge in [0.05, 0.1) is 32.9 Å². The van der Waals surface area contributed by atoms with Crippen LogP contribution in [0.3, 0.4) is 0 Å². The largest absolute Gasteiger partial charge is 0.497 e. The van der Waals surface area contributed by atoms with E-state index in [1.165, 1.54) is 11.1 Å². The SMILES string of the molecule is COc1ccc2c(c1)CCNC2c1c(OC)cccc1OC. The van der Waals surface area contributed by atoms with Crippen LogP contribution in [-0.4, -0.2) is 27.9 Å². The molecule has 2 aromatic carbocycles. The van der Waals surface area contributed by atoms with Crippen LogP contribution in [0.1, 0.15) is 22.7 Å². The molecule has 1 N–H and O–H groups in total. The second kappa shape index (κ2) is 6.28. The third-order valence-electron chi connectivity index (χ3n) is 4.16. The molecule has 4 nitrogen and oxygen atoms in total. The van der Waals surface area contributed by atoms with Crippen LogP contribution in [0.5, 0.6) is 17.2 Å². The zero-order valence-electron chi connectivity index (χ0n) is 13.2. The van der Waals surface area contributed by atoms with Crippen molar-refractivity contribution >= 4 is 0 Å². The van der Waals surface area contributed by atoms with Crippen LogP contribution in [0.15, 0.2) is 36.4 Å². The molecule has 0 spiro atoms. The molecular formula is C18H21NO3. The molecule has 1 atom stereocenters. The summed E-state index contributed by atoms with van der Waals surface area (Å²) in [6.45, 7) is 0.909. The van der Waals surface area contributed by atoms with Gasteiger partial charge in [0.1, 0.15) is 17.2 Å². The Morgan fingerprint density at radius 2 is 1.68 bits per heavy atom. The average molecular weight is 299 g/mol. The number of fused-ring (bicyclic) bond motifs is 1. The van der Waals surface area contributed by atoms with Crippen molar-refractivity contribution in [3.05, 3.63) is 53.1 Å². The zero-order chi connectivity index (χ0) is 15.5. The second-order valence-electron chi connectivity index (χ2n) is 5.28. The summed E-state index contributed by atoms with van der Waals surface area (Å²) < 4.78 is 16.5. The van der Waals surface area contributed by atoms with Crippen molar-refractivity contribution < 1.29 is 14.2 Å². The van der Waals surface area contributed by atoms with E-state index in [1.807, 2.05) is 24.3 Å². The lowest BCUT2D eigenvalue weighted by molar-refractivity contribution is 0.374. The molecule has 1 heterocycles. The summed E-state index contributed by atoms with van der Waals surface area (Å²) in [6.07, 6.45) is 0.987. The Hall–Kier alpha value is -2.20. The third kappa shape index (κ3) is 2.50. The van der Waals surface area contributed by atoms with E-state index in [0.29, 0.717) is 0 Å². The van der Waals surface area contributed by atoms with Crippen LogP contribution in [-0.2, 0) is 6.42 Å². The van der Waals surface area contributed by atoms with Gasteiger partial charge in [0, 0.05) is 6.54 Å². The lowest BCUT2D eigenvalue weighted by Crippen LogP contribution is -2.31. The van der Waals surface area contributed by atoms with Crippen molar-refractivity contribution in [3.8, 4) is 17.2 Å². The fraction of sp³-hybridized carbons (Fsp3) is 0.333. The highest BCUT2D eigenvalue weighted by Crippen LogP contribution is 2.40. The minimum absolute atomic E-state index is 0.0563. The Morgan fingerprint density at radius 1 is 0.955 bits per heavy atom. The summed E-state index contributed by atoms with van der Waals surface area (Å²) in [7, 11) is 5.08. The van der Waals surface area contributed by atoms with Gasteiger partial charge in [0.2, 0.25) is 0 Å². The Balaban J connectivity index is 2.12. The van der Waals surface area contributed by atoms with E-state index in [9.17, 15) is 0 Å². The van der Waals surface area contributed by atoms with E-state index in [-0.39, 0.29) is 6.04 Å². The molecular weight excluding hydrogens is 278 g/mol. The van der Waals surface area contributed by atoms with E-state index in [2.05, 4.69) is 17.4 Å². The maximum absolute atomic E-state index is 5.56. The summed E-state index contributed by atoms with van der Waals surface area (Å²) in [5.41, 5.74) is 3.59. The normalized spacial score (nSPS) is 16.8. The molecule has 0 saturated carbocycles. The summed E-state index contributed by atoms with van der Waals surface area (Å²) in [6, 6.07) is 12.2. The highest BCUT2D eigenvalue weighted by molar-refractivity contribution is 5.53. The van der Waals surface area contributed by atoms with Crippen LogP contribution < -0.4 is 19.5 Å². The lowest BCUT2D eigenvalue weighted by atomic mass is 9.88. The molecule has 0 bridgehead atoms. The fourth-order valence-corrected chi connectivity index (χ4v) is 3.09. The Labute approximate surface area is 131 Å². The number of hydrogen-bond acceptors (Lipinski definition) is 4. The number of benzene rings is 2. The lowest BCUT2D eigenvalue weighted by Gasteiger charge is -2.29. The molecule has 0 fully saturated rings. The van der Waals surface area contributed by atoms with Crippen LogP contribution in [0, 0.1) is 0 Å². The van der Waals surface area contributed by atoms with Gasteiger partial charge in [0.15, 0.2) is 0 Å². The van der Waals surface area contributed by atoms with Gasteiger partial charge in [0.25, 0.3) is 0 Å². The quantitative estimate of drug-likeness (QED) is 0.942. The topological polar surface area (TPSA) is 39.7 Å². The molecule has 1 aliphatic rings. The molecule has 1 unspecified atom stereocenters. The Bertz CT molecular complexity index is 647. The van der Waals surface area contributed by atoms with Crippen molar-refractivity contribution in [2.45, 2.75) is 12.5 Å². The molecule has 0 amide bonds. The Kier molecular flexibility index (Phi) is 4.20. The van der Waals surface area contributed by atoms with Gasteiger partial charge in [-0.25, -0.2) is 0 Å². The molecule has 0 radical (unpaired) electrons. The van der Waals surface area contributed by atoms with Gasteiger partial charge in [-0.3, -0.25) is 0 Å². The molecule has 0 aromatic heterocycles. The van der Waals surface area contributed by atoms with Crippen LogP contribution in [0.4, 0.5) is 0 Å². The molecule has 2 aromatic rings. The van der Waals surface area contributed by atoms with Crippen molar-refractivity contribution in [1.29, 1.82) is 0 Å². The third-order valence-corrected chi connectivity index (χ3v) is 4.16. The molecule has 3 rings (SSSR count). The molecule has 4 heteroatoms. The van der Waals surface area contributed by atoms with E-state index in [0.717, 1.165) is 35.8 Å². The monoisotopic (exact) mass is 299 g/mol. The van der Waals surface area contributed by atoms with Gasteiger partial charge in [-0.15, -0.1) is 0 Å². The van der Waals surface area contributed by atoms with E-state index >= 15 is 0 Å².